The summed E-state index contributed by atoms with van der Waals surface area (Å²) >= 11 is 0. The van der Waals surface area contributed by atoms with E-state index in [1.54, 1.807) is 0 Å². The van der Waals surface area contributed by atoms with Crippen LogP contribution in [0.4, 0.5) is 5.82 Å². The fourth-order valence-corrected chi connectivity index (χ4v) is 5.51. The number of benzene rings is 1. The molecule has 5 rings (SSSR count). The van der Waals surface area contributed by atoms with Gasteiger partial charge in [0.1, 0.15) is 11.6 Å². The molecule has 2 atom stereocenters. The highest BCUT2D eigenvalue weighted by molar-refractivity contribution is 5.70. The molecule has 3 aliphatic rings. The number of esters is 1. The van der Waals surface area contributed by atoms with Gasteiger partial charge in [0.25, 0.3) is 0 Å². The van der Waals surface area contributed by atoms with E-state index < -0.39 is 0 Å². The molecule has 4 heterocycles. The maximum atomic E-state index is 12.2. The topological polar surface area (TPSA) is 72.9 Å². The molecule has 1 N–H and O–H groups in total. The molecule has 36 heavy (non-hydrogen) atoms. The van der Waals surface area contributed by atoms with E-state index in [0.29, 0.717) is 24.9 Å². The Hall–Kier alpha value is -2.64. The Morgan fingerprint density at radius 1 is 1.25 bits per heavy atom. The van der Waals surface area contributed by atoms with Gasteiger partial charge >= 0.3 is 5.97 Å². The lowest BCUT2D eigenvalue weighted by molar-refractivity contribution is -0.141. The third-order valence-electron chi connectivity index (χ3n) is 7.77. The molecule has 7 nitrogen and oxygen atoms in total. The number of carbonyl (C=O) groups excluding carboxylic acids is 1. The van der Waals surface area contributed by atoms with Gasteiger partial charge in [-0.2, -0.15) is 0 Å². The van der Waals surface area contributed by atoms with Crippen LogP contribution in [0.25, 0.3) is 0 Å². The Balaban J connectivity index is 1.16. The van der Waals surface area contributed by atoms with E-state index in [-0.39, 0.29) is 11.9 Å². The molecule has 3 aliphatic heterocycles. The molecule has 0 radical (unpaired) electrons. The highest BCUT2D eigenvalue weighted by atomic mass is 16.5. The highest BCUT2D eigenvalue weighted by Gasteiger charge is 2.27. The van der Waals surface area contributed by atoms with E-state index in [4.69, 9.17) is 19.2 Å². The summed E-state index contributed by atoms with van der Waals surface area (Å²) in [5.74, 6) is 3.01. The maximum Gasteiger partial charge on any atom is 0.306 e. The molecule has 0 spiro atoms. The number of hydrogen-bond donors (Lipinski definition) is 1. The van der Waals surface area contributed by atoms with Gasteiger partial charge in [0, 0.05) is 37.2 Å². The number of anilines is 1. The van der Waals surface area contributed by atoms with Gasteiger partial charge in [-0.25, -0.2) is 4.98 Å². The number of aryl methyl sites for hydroxylation is 2. The number of pyridine rings is 1. The van der Waals surface area contributed by atoms with Gasteiger partial charge < -0.3 is 24.4 Å². The molecule has 2 fully saturated rings. The average Bonchev–Trinajstić information content (AvgIpc) is 3.33. The molecule has 1 aromatic carbocycles. The summed E-state index contributed by atoms with van der Waals surface area (Å²) in [5, 5.41) is 3.45. The number of nitrogens with one attached hydrogen (secondary N) is 1. The van der Waals surface area contributed by atoms with Gasteiger partial charge in [0.05, 0.1) is 33.4 Å². The first-order valence-corrected chi connectivity index (χ1v) is 13.5. The van der Waals surface area contributed by atoms with Crippen LogP contribution in [-0.4, -0.2) is 69.0 Å². The van der Waals surface area contributed by atoms with Crippen LogP contribution in [0.3, 0.4) is 0 Å². The van der Waals surface area contributed by atoms with E-state index in [1.165, 1.54) is 31.2 Å². The minimum absolute atomic E-state index is 0.0835. The number of likely N-dealkylation sites (tertiary alicyclic amines) is 1. The first-order valence-electron chi connectivity index (χ1n) is 13.5. The second-order valence-electron chi connectivity index (χ2n) is 10.6. The number of aromatic nitrogens is 1. The van der Waals surface area contributed by atoms with Crippen LogP contribution in [-0.2, 0) is 27.1 Å². The lowest BCUT2D eigenvalue weighted by Gasteiger charge is -2.26. The van der Waals surface area contributed by atoms with Gasteiger partial charge in [0.2, 0.25) is 0 Å². The SMILES string of the molecule is COC(=O)CC(CN1CC[C@@H](CCc2ccc3c(n2)NCCC3)C1)c1cccc(OCC2COC2)c1. The van der Waals surface area contributed by atoms with Crippen LogP contribution >= 0.6 is 0 Å². The Morgan fingerprint density at radius 3 is 3.00 bits per heavy atom. The largest absolute Gasteiger partial charge is 0.493 e. The predicted octanol–water partition coefficient (Wildman–Crippen LogP) is 4.07. The predicted molar refractivity (Wildman–Crippen MR) is 140 cm³/mol. The summed E-state index contributed by atoms with van der Waals surface area (Å²) in [6.45, 7) is 6.25. The van der Waals surface area contributed by atoms with Crippen molar-refractivity contribution < 1.29 is 19.0 Å². The van der Waals surface area contributed by atoms with Gasteiger partial charge in [-0.1, -0.05) is 18.2 Å². The van der Waals surface area contributed by atoms with Crippen LogP contribution in [0.1, 0.15) is 48.4 Å². The molecular formula is C29H39N3O4. The zero-order valence-corrected chi connectivity index (χ0v) is 21.4. The van der Waals surface area contributed by atoms with Gasteiger partial charge in [-0.3, -0.25) is 4.79 Å². The number of rotatable bonds is 11. The summed E-state index contributed by atoms with van der Waals surface area (Å²) < 4.78 is 16.3. The lowest BCUT2D eigenvalue weighted by atomic mass is 9.94. The van der Waals surface area contributed by atoms with Gasteiger partial charge in [-0.15, -0.1) is 0 Å². The number of hydrogen-bond acceptors (Lipinski definition) is 7. The fraction of sp³-hybridized carbons (Fsp3) is 0.586. The van der Waals surface area contributed by atoms with Crippen molar-refractivity contribution >= 4 is 11.8 Å². The average molecular weight is 494 g/mol. The Morgan fingerprint density at radius 2 is 2.17 bits per heavy atom. The molecule has 1 unspecified atom stereocenters. The Bertz CT molecular complexity index is 1030. The Labute approximate surface area is 214 Å². The zero-order valence-electron chi connectivity index (χ0n) is 21.4. The summed E-state index contributed by atoms with van der Waals surface area (Å²) in [5.41, 5.74) is 3.67. The lowest BCUT2D eigenvalue weighted by Crippen LogP contribution is -2.32. The van der Waals surface area contributed by atoms with Crippen molar-refractivity contribution in [1.29, 1.82) is 0 Å². The standard InChI is InChI=1S/C29H39N3O4/c1-34-28(33)15-25(24-4-2-6-27(14-24)36-20-22-18-35-19-22)17-32-13-11-21(16-32)7-9-26-10-8-23-5-3-12-30-29(23)31-26/h2,4,6,8,10,14,21-22,25H,3,5,7,9,11-13,15-20H2,1H3,(H,30,31)/t21-,25?/m1/s1. The van der Waals surface area contributed by atoms with Gasteiger partial charge in [0.15, 0.2) is 0 Å². The molecule has 194 valence electrons. The third kappa shape index (κ3) is 6.56. The molecule has 0 amide bonds. The molecule has 2 saturated heterocycles. The molecule has 1 aromatic heterocycles. The second kappa shape index (κ2) is 12.1. The number of carbonyl (C=O) groups is 1. The van der Waals surface area contributed by atoms with Crippen molar-refractivity contribution in [1.82, 2.24) is 9.88 Å². The number of ether oxygens (including phenoxy) is 3. The summed E-state index contributed by atoms with van der Waals surface area (Å²) in [7, 11) is 1.47. The molecule has 0 bridgehead atoms. The van der Waals surface area contributed by atoms with Crippen LogP contribution in [0.15, 0.2) is 36.4 Å². The van der Waals surface area contributed by atoms with Crippen molar-refractivity contribution in [2.75, 3.05) is 58.4 Å². The van der Waals surface area contributed by atoms with Crippen LogP contribution in [0.5, 0.6) is 5.75 Å². The maximum absolute atomic E-state index is 12.2. The first-order chi connectivity index (χ1) is 17.7. The van der Waals surface area contributed by atoms with Crippen molar-refractivity contribution in [3.63, 3.8) is 0 Å². The van der Waals surface area contributed by atoms with Crippen molar-refractivity contribution in [2.45, 2.75) is 44.4 Å². The molecule has 0 saturated carbocycles. The number of methoxy groups -OCH3 is 1. The monoisotopic (exact) mass is 493 g/mol. The molecule has 2 aromatic rings. The summed E-state index contributed by atoms with van der Waals surface area (Å²) in [6.07, 6.45) is 6.06. The number of fused-ring (bicyclic) bond motifs is 1. The second-order valence-corrected chi connectivity index (χ2v) is 10.6. The van der Waals surface area contributed by atoms with Gasteiger partial charge in [-0.05, 0) is 73.9 Å². The molecular weight excluding hydrogens is 454 g/mol. The fourth-order valence-electron chi connectivity index (χ4n) is 5.51. The Kier molecular flexibility index (Phi) is 8.39. The number of nitrogens with zero attached hydrogens (tertiary/aromatic N) is 2. The van der Waals surface area contributed by atoms with Crippen LogP contribution < -0.4 is 10.1 Å². The van der Waals surface area contributed by atoms with Crippen molar-refractivity contribution in [3.8, 4) is 5.75 Å². The van der Waals surface area contributed by atoms with E-state index in [2.05, 4.69) is 34.5 Å². The van der Waals surface area contributed by atoms with Crippen LogP contribution in [0.2, 0.25) is 0 Å². The normalized spacial score (nSPS) is 20.8. The minimum atomic E-state index is -0.166. The first kappa shape index (κ1) is 25.0. The third-order valence-corrected chi connectivity index (χ3v) is 7.77. The smallest absolute Gasteiger partial charge is 0.306 e. The van der Waals surface area contributed by atoms with Crippen molar-refractivity contribution in [3.05, 3.63) is 53.2 Å². The van der Waals surface area contributed by atoms with E-state index in [1.807, 2.05) is 12.1 Å². The minimum Gasteiger partial charge on any atom is -0.493 e. The van der Waals surface area contributed by atoms with Crippen LogP contribution in [0, 0.1) is 11.8 Å². The molecule has 7 heteroatoms. The van der Waals surface area contributed by atoms with E-state index in [0.717, 1.165) is 75.8 Å². The zero-order chi connectivity index (χ0) is 24.7. The quantitative estimate of drug-likeness (QED) is 0.473. The van der Waals surface area contributed by atoms with Crippen molar-refractivity contribution in [2.24, 2.45) is 11.8 Å². The van der Waals surface area contributed by atoms with E-state index in [9.17, 15) is 4.79 Å². The molecule has 0 aliphatic carbocycles. The van der Waals surface area contributed by atoms with E-state index >= 15 is 0 Å². The summed E-state index contributed by atoms with van der Waals surface area (Å²) in [4.78, 5) is 19.6. The summed E-state index contributed by atoms with van der Waals surface area (Å²) in [6, 6.07) is 12.7. The highest BCUT2D eigenvalue weighted by Crippen LogP contribution is 2.30.